The first-order valence-electron chi connectivity index (χ1n) is 6.80. The maximum absolute atomic E-state index is 5.19. The van der Waals surface area contributed by atoms with Gasteiger partial charge in [0, 0.05) is 0 Å². The molecule has 0 aliphatic carbocycles. The molecule has 0 aromatic heterocycles. The summed E-state index contributed by atoms with van der Waals surface area (Å²) in [7, 11) is 0.393. The van der Waals surface area contributed by atoms with E-state index in [2.05, 4.69) is 55.6 Å². The smallest absolute Gasteiger partial charge is 0.118 e. The number of aryl methyl sites for hydroxylation is 1. The molecule has 0 saturated carbocycles. The number of rotatable bonds is 5. The molecule has 1 nitrogen and oxygen atoms in total. The normalized spacial score (nSPS) is 11.3. The number of hydrogen-bond acceptors (Lipinski definition) is 1. The SMILES string of the molecule is COc1ccc(CC[Si](C)(C)c2ccccc2)cc1. The second kappa shape index (κ2) is 6.07. The largest absolute Gasteiger partial charge is 0.497 e. The van der Waals surface area contributed by atoms with Crippen molar-refractivity contribution < 1.29 is 4.74 Å². The number of methoxy groups -OCH3 is 1. The van der Waals surface area contributed by atoms with Gasteiger partial charge < -0.3 is 4.74 Å². The van der Waals surface area contributed by atoms with Gasteiger partial charge in [0.15, 0.2) is 0 Å². The van der Waals surface area contributed by atoms with Crippen LogP contribution in [0.4, 0.5) is 0 Å². The van der Waals surface area contributed by atoms with Crippen LogP contribution in [0.2, 0.25) is 19.1 Å². The van der Waals surface area contributed by atoms with E-state index in [9.17, 15) is 0 Å². The van der Waals surface area contributed by atoms with Gasteiger partial charge in [-0.25, -0.2) is 0 Å². The topological polar surface area (TPSA) is 9.23 Å². The minimum atomic E-state index is -1.32. The van der Waals surface area contributed by atoms with Crippen LogP contribution in [0.1, 0.15) is 5.56 Å². The molecular formula is C17H22OSi. The Morgan fingerprint density at radius 1 is 0.895 bits per heavy atom. The molecule has 2 rings (SSSR count). The zero-order valence-electron chi connectivity index (χ0n) is 12.0. The average molecular weight is 270 g/mol. The van der Waals surface area contributed by atoms with E-state index in [1.807, 2.05) is 12.1 Å². The van der Waals surface area contributed by atoms with E-state index < -0.39 is 8.07 Å². The van der Waals surface area contributed by atoms with E-state index in [4.69, 9.17) is 4.74 Å². The zero-order chi connectivity index (χ0) is 13.7. The Morgan fingerprint density at radius 2 is 1.53 bits per heavy atom. The van der Waals surface area contributed by atoms with E-state index >= 15 is 0 Å². The van der Waals surface area contributed by atoms with Crippen LogP contribution in [0.15, 0.2) is 54.6 Å². The fraction of sp³-hybridized carbons (Fsp3) is 0.294. The average Bonchev–Trinajstić information content (AvgIpc) is 2.47. The Morgan fingerprint density at radius 3 is 2.11 bits per heavy atom. The molecule has 0 unspecified atom stereocenters. The van der Waals surface area contributed by atoms with Gasteiger partial charge in [-0.15, -0.1) is 0 Å². The van der Waals surface area contributed by atoms with Crippen molar-refractivity contribution in [3.05, 3.63) is 60.2 Å². The molecule has 2 aromatic rings. The van der Waals surface area contributed by atoms with Crippen molar-refractivity contribution in [3.63, 3.8) is 0 Å². The molecular weight excluding hydrogens is 248 g/mol. The summed E-state index contributed by atoms with van der Waals surface area (Å²) < 4.78 is 5.19. The predicted octanol–water partition coefficient (Wildman–Crippen LogP) is 3.85. The second-order valence-corrected chi connectivity index (χ2v) is 10.4. The van der Waals surface area contributed by atoms with Crippen LogP contribution in [0, 0.1) is 0 Å². The summed E-state index contributed by atoms with van der Waals surface area (Å²) in [6.07, 6.45) is 1.15. The summed E-state index contributed by atoms with van der Waals surface area (Å²) in [5.74, 6) is 0.934. The van der Waals surface area contributed by atoms with Crippen LogP contribution in [0.25, 0.3) is 0 Å². The van der Waals surface area contributed by atoms with Gasteiger partial charge in [0.25, 0.3) is 0 Å². The molecule has 2 heteroatoms. The Balaban J connectivity index is 2.01. The van der Waals surface area contributed by atoms with E-state index in [0.717, 1.165) is 12.2 Å². The summed E-state index contributed by atoms with van der Waals surface area (Å²) in [4.78, 5) is 0. The molecule has 0 aliphatic heterocycles. The monoisotopic (exact) mass is 270 g/mol. The highest BCUT2D eigenvalue weighted by atomic mass is 28.3. The third-order valence-electron chi connectivity index (χ3n) is 3.75. The lowest BCUT2D eigenvalue weighted by Gasteiger charge is -2.23. The van der Waals surface area contributed by atoms with Gasteiger partial charge in [0.2, 0.25) is 0 Å². The van der Waals surface area contributed by atoms with Gasteiger partial charge in [-0.05, 0) is 30.2 Å². The molecule has 0 atom stereocenters. The van der Waals surface area contributed by atoms with E-state index in [0.29, 0.717) is 0 Å². The van der Waals surface area contributed by atoms with Crippen LogP contribution >= 0.6 is 0 Å². The first-order chi connectivity index (χ1) is 9.12. The van der Waals surface area contributed by atoms with Crippen molar-refractivity contribution in [2.75, 3.05) is 7.11 Å². The molecule has 0 heterocycles. The van der Waals surface area contributed by atoms with E-state index in [-0.39, 0.29) is 0 Å². The first kappa shape index (κ1) is 13.9. The highest BCUT2D eigenvalue weighted by molar-refractivity contribution is 6.89. The molecule has 0 N–H and O–H groups in total. The first-order valence-corrected chi connectivity index (χ1v) is 10.0. The fourth-order valence-electron chi connectivity index (χ4n) is 2.28. The molecule has 19 heavy (non-hydrogen) atoms. The predicted molar refractivity (Wildman–Crippen MR) is 85.1 cm³/mol. The fourth-order valence-corrected chi connectivity index (χ4v) is 4.58. The molecule has 0 spiro atoms. The summed E-state index contributed by atoms with van der Waals surface area (Å²) in [5.41, 5.74) is 1.40. The minimum absolute atomic E-state index is 0.934. The molecule has 2 aromatic carbocycles. The van der Waals surface area contributed by atoms with Gasteiger partial charge in [-0.1, -0.05) is 60.7 Å². The van der Waals surface area contributed by atoms with E-state index in [1.54, 1.807) is 12.3 Å². The molecule has 0 aliphatic rings. The summed E-state index contributed by atoms with van der Waals surface area (Å²) in [5, 5.41) is 1.54. The Labute approximate surface area is 117 Å². The van der Waals surface area contributed by atoms with Crippen LogP contribution in [-0.4, -0.2) is 15.2 Å². The van der Waals surface area contributed by atoms with Gasteiger partial charge in [0.05, 0.1) is 15.2 Å². The molecule has 0 radical (unpaired) electrons. The van der Waals surface area contributed by atoms with Crippen LogP contribution in [0.5, 0.6) is 5.75 Å². The lowest BCUT2D eigenvalue weighted by atomic mass is 10.2. The van der Waals surface area contributed by atoms with Crippen LogP contribution in [-0.2, 0) is 6.42 Å². The third-order valence-corrected chi connectivity index (χ3v) is 7.15. The molecule has 100 valence electrons. The Bertz CT molecular complexity index is 503. The highest BCUT2D eigenvalue weighted by Crippen LogP contribution is 2.17. The number of hydrogen-bond donors (Lipinski definition) is 0. The second-order valence-electron chi connectivity index (χ2n) is 5.60. The zero-order valence-corrected chi connectivity index (χ0v) is 13.0. The van der Waals surface area contributed by atoms with Crippen LogP contribution in [0.3, 0.4) is 0 Å². The van der Waals surface area contributed by atoms with Crippen molar-refractivity contribution >= 4 is 13.3 Å². The Hall–Kier alpha value is -1.54. The van der Waals surface area contributed by atoms with Crippen molar-refractivity contribution in [3.8, 4) is 5.75 Å². The van der Waals surface area contributed by atoms with Crippen LogP contribution < -0.4 is 9.92 Å². The van der Waals surface area contributed by atoms with Crippen molar-refractivity contribution in [2.24, 2.45) is 0 Å². The Kier molecular flexibility index (Phi) is 4.43. The lowest BCUT2D eigenvalue weighted by Crippen LogP contribution is -2.41. The van der Waals surface area contributed by atoms with Crippen molar-refractivity contribution in [2.45, 2.75) is 25.6 Å². The van der Waals surface area contributed by atoms with Crippen molar-refractivity contribution in [1.82, 2.24) is 0 Å². The number of ether oxygens (including phenoxy) is 1. The van der Waals surface area contributed by atoms with Gasteiger partial charge >= 0.3 is 0 Å². The quantitative estimate of drug-likeness (QED) is 0.750. The highest BCUT2D eigenvalue weighted by Gasteiger charge is 2.22. The number of benzene rings is 2. The van der Waals surface area contributed by atoms with Gasteiger partial charge in [0.1, 0.15) is 5.75 Å². The lowest BCUT2D eigenvalue weighted by molar-refractivity contribution is 0.414. The molecule has 0 bridgehead atoms. The molecule has 0 fully saturated rings. The van der Waals surface area contributed by atoms with Gasteiger partial charge in [-0.3, -0.25) is 0 Å². The van der Waals surface area contributed by atoms with Crippen molar-refractivity contribution in [1.29, 1.82) is 0 Å². The maximum Gasteiger partial charge on any atom is 0.118 e. The van der Waals surface area contributed by atoms with Gasteiger partial charge in [-0.2, -0.15) is 0 Å². The van der Waals surface area contributed by atoms with E-state index in [1.165, 1.54) is 11.6 Å². The third kappa shape index (κ3) is 3.71. The minimum Gasteiger partial charge on any atom is -0.497 e. The molecule has 0 saturated heterocycles. The summed E-state index contributed by atoms with van der Waals surface area (Å²) >= 11 is 0. The summed E-state index contributed by atoms with van der Waals surface area (Å²) in [6.45, 7) is 4.90. The maximum atomic E-state index is 5.19. The summed E-state index contributed by atoms with van der Waals surface area (Å²) in [6, 6.07) is 20.7. The molecule has 0 amide bonds. The standard InChI is InChI=1S/C17H22OSi/c1-18-16-11-9-15(10-12-16)13-14-19(2,3)17-7-5-4-6-8-17/h4-12H,13-14H2,1-3H3.